The van der Waals surface area contributed by atoms with Gasteiger partial charge in [0.2, 0.25) is 0 Å². The van der Waals surface area contributed by atoms with Crippen LogP contribution >= 0.6 is 23.1 Å². The van der Waals surface area contributed by atoms with Gasteiger partial charge in [-0.1, -0.05) is 38.5 Å². The molecule has 1 aromatic carbocycles. The molecule has 0 saturated heterocycles. The van der Waals surface area contributed by atoms with Crippen LogP contribution in [0.1, 0.15) is 43.9 Å². The number of rotatable bonds is 4. The minimum atomic E-state index is 0.463. The Morgan fingerprint density at radius 1 is 1.25 bits per heavy atom. The highest BCUT2D eigenvalue weighted by molar-refractivity contribution is 8.01. The average molecular weight is 303 g/mol. The molecular weight excluding hydrogens is 282 g/mol. The van der Waals surface area contributed by atoms with E-state index in [9.17, 15) is 0 Å². The van der Waals surface area contributed by atoms with E-state index in [1.165, 1.54) is 33.9 Å². The second-order valence-electron chi connectivity index (χ2n) is 5.43. The van der Waals surface area contributed by atoms with Crippen molar-refractivity contribution >= 4 is 28.8 Å². The fraction of sp³-hybridized carbons (Fsp3) is 0.412. The summed E-state index contributed by atoms with van der Waals surface area (Å²) in [6, 6.07) is 11.5. The highest BCUT2D eigenvalue weighted by Crippen LogP contribution is 2.45. The first-order chi connectivity index (χ1) is 9.78. The maximum Gasteiger partial charge on any atom is 0.0653 e. The molecule has 0 spiro atoms. The van der Waals surface area contributed by atoms with Gasteiger partial charge in [0.05, 0.1) is 10.3 Å². The quantitative estimate of drug-likeness (QED) is 0.773. The Kier molecular flexibility index (Phi) is 4.37. The van der Waals surface area contributed by atoms with E-state index in [-0.39, 0.29) is 0 Å². The Balaban J connectivity index is 1.85. The third kappa shape index (κ3) is 2.89. The predicted octanol–water partition coefficient (Wildman–Crippen LogP) is 5.74. The molecule has 1 aliphatic rings. The molecule has 1 unspecified atom stereocenters. The molecule has 0 bridgehead atoms. The Morgan fingerprint density at radius 2 is 2.10 bits per heavy atom. The van der Waals surface area contributed by atoms with Gasteiger partial charge < -0.3 is 5.32 Å². The van der Waals surface area contributed by atoms with Gasteiger partial charge in [-0.15, -0.1) is 23.1 Å². The van der Waals surface area contributed by atoms with Gasteiger partial charge in [0.15, 0.2) is 0 Å². The Labute approximate surface area is 129 Å². The number of thiophene rings is 1. The fourth-order valence-electron chi connectivity index (χ4n) is 2.82. The van der Waals surface area contributed by atoms with Crippen LogP contribution in [0.15, 0.2) is 39.9 Å². The molecule has 3 rings (SSSR count). The lowest BCUT2D eigenvalue weighted by Gasteiger charge is -2.29. The van der Waals surface area contributed by atoms with Crippen LogP contribution in [0.4, 0.5) is 5.69 Å². The third-order valence-electron chi connectivity index (χ3n) is 3.78. The molecule has 1 aliphatic heterocycles. The van der Waals surface area contributed by atoms with Gasteiger partial charge in [0.1, 0.15) is 0 Å². The zero-order valence-corrected chi connectivity index (χ0v) is 13.7. The maximum atomic E-state index is 3.80. The molecule has 3 heteroatoms. The number of hydrogen-bond acceptors (Lipinski definition) is 3. The predicted molar refractivity (Wildman–Crippen MR) is 91.1 cm³/mol. The van der Waals surface area contributed by atoms with Gasteiger partial charge >= 0.3 is 0 Å². The van der Waals surface area contributed by atoms with Crippen molar-refractivity contribution in [3.8, 4) is 0 Å². The summed E-state index contributed by atoms with van der Waals surface area (Å²) in [6.45, 7) is 4.58. The van der Waals surface area contributed by atoms with Crippen molar-refractivity contribution < 1.29 is 0 Å². The molecule has 1 N–H and O–H groups in total. The second kappa shape index (κ2) is 6.23. The first-order valence-electron chi connectivity index (χ1n) is 7.36. The fourth-order valence-corrected chi connectivity index (χ4v) is 5.39. The number of thioether (sulfide) groups is 1. The van der Waals surface area contributed by atoms with Gasteiger partial charge in [-0.3, -0.25) is 0 Å². The van der Waals surface area contributed by atoms with Crippen molar-refractivity contribution in [3.05, 3.63) is 46.8 Å². The standard InChI is InChI=1S/C17H21NS2/c1-3-6-13-7-4-5-8-15(13)18-16-11-12(2)20-17-14(16)9-10-19-17/h4-5,7-10,12,16,18H,3,6,11H2,1-2H3/t12-,16?/m0/s1. The summed E-state index contributed by atoms with van der Waals surface area (Å²) in [5, 5.41) is 6.72. The number of para-hydroxylation sites is 1. The molecule has 106 valence electrons. The van der Waals surface area contributed by atoms with Gasteiger partial charge in [0.25, 0.3) is 0 Å². The number of aryl methyl sites for hydroxylation is 1. The minimum absolute atomic E-state index is 0.463. The van der Waals surface area contributed by atoms with E-state index in [2.05, 4.69) is 54.9 Å². The number of benzene rings is 1. The molecule has 1 nitrogen and oxygen atoms in total. The van der Waals surface area contributed by atoms with Crippen LogP contribution < -0.4 is 5.32 Å². The molecule has 0 amide bonds. The topological polar surface area (TPSA) is 12.0 Å². The van der Waals surface area contributed by atoms with Crippen LogP contribution in [-0.4, -0.2) is 5.25 Å². The first-order valence-corrected chi connectivity index (χ1v) is 9.12. The van der Waals surface area contributed by atoms with Crippen LogP contribution in [0.5, 0.6) is 0 Å². The summed E-state index contributed by atoms with van der Waals surface area (Å²) in [7, 11) is 0. The van der Waals surface area contributed by atoms with Gasteiger partial charge in [-0.25, -0.2) is 0 Å². The summed E-state index contributed by atoms with van der Waals surface area (Å²) in [6.07, 6.45) is 3.55. The largest absolute Gasteiger partial charge is 0.378 e. The van der Waals surface area contributed by atoms with E-state index in [0.717, 1.165) is 6.42 Å². The molecule has 0 radical (unpaired) electrons. The van der Waals surface area contributed by atoms with E-state index in [0.29, 0.717) is 11.3 Å². The minimum Gasteiger partial charge on any atom is -0.378 e. The zero-order valence-electron chi connectivity index (χ0n) is 12.1. The van der Waals surface area contributed by atoms with Crippen LogP contribution in [0.2, 0.25) is 0 Å². The number of nitrogens with one attached hydrogen (secondary N) is 1. The lowest BCUT2D eigenvalue weighted by molar-refractivity contribution is 0.668. The normalized spacial score (nSPS) is 21.5. The van der Waals surface area contributed by atoms with Crippen molar-refractivity contribution in [2.75, 3.05) is 5.32 Å². The van der Waals surface area contributed by atoms with Crippen LogP contribution in [0, 0.1) is 0 Å². The average Bonchev–Trinajstić information content (AvgIpc) is 2.89. The molecule has 2 aromatic rings. The van der Waals surface area contributed by atoms with Crippen LogP contribution in [0.3, 0.4) is 0 Å². The first kappa shape index (κ1) is 14.0. The Hall–Kier alpha value is -0.930. The van der Waals surface area contributed by atoms with E-state index in [1.807, 2.05) is 23.1 Å². The Bertz CT molecular complexity index is 576. The lowest BCUT2D eigenvalue weighted by atomic mass is 10.0. The number of hydrogen-bond donors (Lipinski definition) is 1. The van der Waals surface area contributed by atoms with Gasteiger partial charge in [-0.05, 0) is 41.5 Å². The van der Waals surface area contributed by atoms with E-state index in [1.54, 1.807) is 0 Å². The molecular formula is C17H21NS2. The molecule has 2 atom stereocenters. The van der Waals surface area contributed by atoms with Crippen LogP contribution in [-0.2, 0) is 6.42 Å². The zero-order chi connectivity index (χ0) is 13.9. The molecule has 20 heavy (non-hydrogen) atoms. The number of anilines is 1. The van der Waals surface area contributed by atoms with Gasteiger partial charge in [0, 0.05) is 10.9 Å². The van der Waals surface area contributed by atoms with E-state index in [4.69, 9.17) is 0 Å². The SMILES string of the molecule is CCCc1ccccc1NC1C[C@H](C)Sc2sccc21. The number of fused-ring (bicyclic) bond motifs is 1. The summed E-state index contributed by atoms with van der Waals surface area (Å²) in [5.41, 5.74) is 4.25. The molecule has 1 aromatic heterocycles. The monoisotopic (exact) mass is 303 g/mol. The summed E-state index contributed by atoms with van der Waals surface area (Å²) in [4.78, 5) is 0. The molecule has 0 saturated carbocycles. The van der Waals surface area contributed by atoms with Crippen molar-refractivity contribution in [2.24, 2.45) is 0 Å². The Morgan fingerprint density at radius 3 is 2.95 bits per heavy atom. The van der Waals surface area contributed by atoms with Crippen molar-refractivity contribution in [1.29, 1.82) is 0 Å². The highest BCUT2D eigenvalue weighted by atomic mass is 32.2. The summed E-state index contributed by atoms with van der Waals surface area (Å²) >= 11 is 3.91. The summed E-state index contributed by atoms with van der Waals surface area (Å²) in [5.74, 6) is 0. The van der Waals surface area contributed by atoms with Crippen molar-refractivity contribution in [3.63, 3.8) is 0 Å². The van der Waals surface area contributed by atoms with E-state index >= 15 is 0 Å². The lowest BCUT2D eigenvalue weighted by Crippen LogP contribution is -2.19. The highest BCUT2D eigenvalue weighted by Gasteiger charge is 2.26. The molecule has 0 fully saturated rings. The smallest absolute Gasteiger partial charge is 0.0653 e. The second-order valence-corrected chi connectivity index (χ2v) is 8.05. The third-order valence-corrected chi connectivity index (χ3v) is 6.12. The summed E-state index contributed by atoms with van der Waals surface area (Å²) < 4.78 is 1.49. The molecule has 0 aliphatic carbocycles. The van der Waals surface area contributed by atoms with Crippen molar-refractivity contribution in [1.82, 2.24) is 0 Å². The maximum absolute atomic E-state index is 3.80. The van der Waals surface area contributed by atoms with Crippen molar-refractivity contribution in [2.45, 2.75) is 48.6 Å². The van der Waals surface area contributed by atoms with Crippen LogP contribution in [0.25, 0.3) is 0 Å². The van der Waals surface area contributed by atoms with Gasteiger partial charge in [-0.2, -0.15) is 0 Å². The molecule has 2 heterocycles. The van der Waals surface area contributed by atoms with E-state index < -0.39 is 0 Å².